The van der Waals surface area contributed by atoms with Gasteiger partial charge in [-0.3, -0.25) is 0 Å². The fourth-order valence-electron chi connectivity index (χ4n) is 0.571. The van der Waals surface area contributed by atoms with Crippen LogP contribution in [0.15, 0.2) is 12.4 Å². The minimum atomic E-state index is 0.0417. The summed E-state index contributed by atoms with van der Waals surface area (Å²) in [5.74, 6) is 0.834. The summed E-state index contributed by atoms with van der Waals surface area (Å²) in [6.45, 7) is 0.511. The van der Waals surface area contributed by atoms with Gasteiger partial charge in [-0.05, 0) is 0 Å². The van der Waals surface area contributed by atoms with Crippen LogP contribution in [0.25, 0.3) is 0 Å². The highest BCUT2D eigenvalue weighted by atomic mass is 32.1. The van der Waals surface area contributed by atoms with Gasteiger partial charge in [0.25, 0.3) is 0 Å². The SMILES string of the molecule is NCC(S)c1ncc[nH]1. The van der Waals surface area contributed by atoms with E-state index in [1.807, 2.05) is 0 Å². The van der Waals surface area contributed by atoms with Crippen LogP contribution < -0.4 is 5.73 Å². The largest absolute Gasteiger partial charge is 0.348 e. The molecule has 0 amide bonds. The second kappa shape index (κ2) is 2.89. The molecule has 50 valence electrons. The zero-order chi connectivity index (χ0) is 6.69. The minimum absolute atomic E-state index is 0.0417. The van der Waals surface area contributed by atoms with Crippen LogP contribution in [0.1, 0.15) is 11.1 Å². The Morgan fingerprint density at radius 3 is 3.11 bits per heavy atom. The lowest BCUT2D eigenvalue weighted by molar-refractivity contribution is 0.877. The van der Waals surface area contributed by atoms with E-state index in [0.717, 1.165) is 5.82 Å². The highest BCUT2D eigenvalue weighted by Crippen LogP contribution is 2.11. The Balaban J connectivity index is 2.65. The number of aromatic amines is 1. The number of imidazole rings is 1. The lowest BCUT2D eigenvalue weighted by atomic mass is 10.4. The molecular formula is C5H9N3S. The number of hydrogen-bond acceptors (Lipinski definition) is 3. The third-order valence-corrected chi connectivity index (χ3v) is 1.51. The molecule has 4 heteroatoms. The highest BCUT2D eigenvalue weighted by Gasteiger charge is 2.03. The molecule has 0 fully saturated rings. The van der Waals surface area contributed by atoms with Crippen LogP contribution >= 0.6 is 12.6 Å². The van der Waals surface area contributed by atoms with Crippen molar-refractivity contribution >= 4 is 12.6 Å². The summed E-state index contributed by atoms with van der Waals surface area (Å²) >= 11 is 4.17. The third-order valence-electron chi connectivity index (χ3n) is 1.06. The number of nitrogens with two attached hydrogens (primary N) is 1. The van der Waals surface area contributed by atoms with Crippen LogP contribution in [0.5, 0.6) is 0 Å². The van der Waals surface area contributed by atoms with Crippen molar-refractivity contribution in [1.29, 1.82) is 0 Å². The number of thiol groups is 1. The average molecular weight is 143 g/mol. The Morgan fingerprint density at radius 2 is 2.67 bits per heavy atom. The molecule has 3 nitrogen and oxygen atoms in total. The molecule has 3 N–H and O–H groups in total. The molecule has 1 aromatic rings. The van der Waals surface area contributed by atoms with Crippen molar-refractivity contribution in [2.75, 3.05) is 6.54 Å². The van der Waals surface area contributed by atoms with Gasteiger partial charge in [0.05, 0.1) is 5.25 Å². The van der Waals surface area contributed by atoms with Gasteiger partial charge in [0.15, 0.2) is 0 Å². The molecule has 0 aromatic carbocycles. The van der Waals surface area contributed by atoms with Gasteiger partial charge in [-0.25, -0.2) is 4.98 Å². The number of hydrogen-bond donors (Lipinski definition) is 3. The maximum absolute atomic E-state index is 5.33. The molecule has 0 radical (unpaired) electrons. The maximum Gasteiger partial charge on any atom is 0.120 e. The van der Waals surface area contributed by atoms with Crippen LogP contribution in [0.3, 0.4) is 0 Å². The van der Waals surface area contributed by atoms with E-state index in [1.165, 1.54) is 0 Å². The molecule has 0 saturated carbocycles. The maximum atomic E-state index is 5.33. The van der Waals surface area contributed by atoms with Gasteiger partial charge < -0.3 is 10.7 Å². The van der Waals surface area contributed by atoms with E-state index in [4.69, 9.17) is 5.73 Å². The predicted octanol–water partition coefficient (Wildman–Crippen LogP) is 0.339. The van der Waals surface area contributed by atoms with Crippen LogP contribution in [0.4, 0.5) is 0 Å². The van der Waals surface area contributed by atoms with Gasteiger partial charge in [0, 0.05) is 18.9 Å². The van der Waals surface area contributed by atoms with Crippen molar-refractivity contribution < 1.29 is 0 Å². The molecule has 1 rings (SSSR count). The Bertz CT molecular complexity index is 161. The van der Waals surface area contributed by atoms with Crippen molar-refractivity contribution in [3.8, 4) is 0 Å². The first kappa shape index (κ1) is 6.64. The van der Waals surface area contributed by atoms with E-state index >= 15 is 0 Å². The summed E-state index contributed by atoms with van der Waals surface area (Å²) in [7, 11) is 0. The second-order valence-electron chi connectivity index (χ2n) is 1.73. The van der Waals surface area contributed by atoms with E-state index in [9.17, 15) is 0 Å². The topological polar surface area (TPSA) is 54.7 Å². The molecule has 0 spiro atoms. The van der Waals surface area contributed by atoms with E-state index in [0.29, 0.717) is 6.54 Å². The van der Waals surface area contributed by atoms with Gasteiger partial charge in [0.1, 0.15) is 5.82 Å². The fourth-order valence-corrected chi connectivity index (χ4v) is 0.713. The lowest BCUT2D eigenvalue weighted by Gasteiger charge is -2.00. The normalized spacial score (nSPS) is 13.6. The van der Waals surface area contributed by atoms with Gasteiger partial charge in [0.2, 0.25) is 0 Å². The Morgan fingerprint density at radius 1 is 1.89 bits per heavy atom. The molecule has 1 aromatic heterocycles. The Labute approximate surface area is 59.1 Å². The predicted molar refractivity (Wildman–Crippen MR) is 39.4 cm³/mol. The number of nitrogens with one attached hydrogen (secondary N) is 1. The number of nitrogens with zero attached hydrogens (tertiary/aromatic N) is 1. The molecule has 0 bridgehead atoms. The van der Waals surface area contributed by atoms with Gasteiger partial charge in [-0.15, -0.1) is 0 Å². The van der Waals surface area contributed by atoms with Gasteiger partial charge in [-0.1, -0.05) is 0 Å². The van der Waals surface area contributed by atoms with Gasteiger partial charge in [-0.2, -0.15) is 12.6 Å². The number of aromatic nitrogens is 2. The molecule has 1 heterocycles. The molecule has 0 aliphatic rings. The first-order valence-electron chi connectivity index (χ1n) is 2.72. The highest BCUT2D eigenvalue weighted by molar-refractivity contribution is 7.80. The molecular weight excluding hydrogens is 134 g/mol. The van der Waals surface area contributed by atoms with Crippen LogP contribution in [-0.2, 0) is 0 Å². The zero-order valence-corrected chi connectivity index (χ0v) is 5.81. The Kier molecular flexibility index (Phi) is 2.13. The first-order valence-corrected chi connectivity index (χ1v) is 3.23. The van der Waals surface area contributed by atoms with Crippen molar-refractivity contribution in [2.45, 2.75) is 5.25 Å². The molecule has 9 heavy (non-hydrogen) atoms. The first-order chi connectivity index (χ1) is 4.34. The van der Waals surface area contributed by atoms with E-state index in [1.54, 1.807) is 12.4 Å². The van der Waals surface area contributed by atoms with Crippen molar-refractivity contribution in [1.82, 2.24) is 9.97 Å². The summed E-state index contributed by atoms with van der Waals surface area (Å²) in [4.78, 5) is 6.90. The lowest BCUT2D eigenvalue weighted by Crippen LogP contribution is -2.07. The summed E-state index contributed by atoms with van der Waals surface area (Å²) < 4.78 is 0. The minimum Gasteiger partial charge on any atom is -0.348 e. The van der Waals surface area contributed by atoms with E-state index in [2.05, 4.69) is 22.6 Å². The van der Waals surface area contributed by atoms with Crippen LogP contribution in [-0.4, -0.2) is 16.5 Å². The monoisotopic (exact) mass is 143 g/mol. The molecule has 0 saturated heterocycles. The van der Waals surface area contributed by atoms with Crippen molar-refractivity contribution in [3.63, 3.8) is 0 Å². The van der Waals surface area contributed by atoms with Crippen LogP contribution in [0.2, 0.25) is 0 Å². The third kappa shape index (κ3) is 1.46. The van der Waals surface area contributed by atoms with Gasteiger partial charge >= 0.3 is 0 Å². The molecule has 1 atom stereocenters. The summed E-state index contributed by atoms with van der Waals surface area (Å²) in [5, 5.41) is 0.0417. The zero-order valence-electron chi connectivity index (χ0n) is 4.91. The van der Waals surface area contributed by atoms with E-state index < -0.39 is 0 Å². The fraction of sp³-hybridized carbons (Fsp3) is 0.400. The van der Waals surface area contributed by atoms with E-state index in [-0.39, 0.29) is 5.25 Å². The van der Waals surface area contributed by atoms with Crippen molar-refractivity contribution in [2.24, 2.45) is 5.73 Å². The molecule has 1 unspecified atom stereocenters. The van der Waals surface area contributed by atoms with Crippen molar-refractivity contribution in [3.05, 3.63) is 18.2 Å². The smallest absolute Gasteiger partial charge is 0.120 e. The summed E-state index contributed by atoms with van der Waals surface area (Å²) in [5.41, 5.74) is 5.33. The average Bonchev–Trinajstić information content (AvgIpc) is 2.37. The number of H-pyrrole nitrogens is 1. The molecule has 0 aliphatic carbocycles. The quantitative estimate of drug-likeness (QED) is 0.523. The second-order valence-corrected chi connectivity index (χ2v) is 2.35. The summed E-state index contributed by atoms with van der Waals surface area (Å²) in [6.07, 6.45) is 3.45. The summed E-state index contributed by atoms with van der Waals surface area (Å²) in [6, 6.07) is 0. The standard InChI is InChI=1S/C5H9N3S/c6-3-4(9)5-7-1-2-8-5/h1-2,4,9H,3,6H2,(H,7,8). The van der Waals surface area contributed by atoms with Crippen LogP contribution in [0, 0.1) is 0 Å². The molecule has 0 aliphatic heterocycles. The Hall–Kier alpha value is -0.480. The number of rotatable bonds is 2.